The quantitative estimate of drug-likeness (QED) is 0.210. The number of carbonyl (C=O) groups excluding carboxylic acids is 2. The van der Waals surface area contributed by atoms with Crippen molar-refractivity contribution in [1.82, 2.24) is 0 Å². The molecule has 14 heteroatoms. The highest BCUT2D eigenvalue weighted by molar-refractivity contribution is 6.31. The summed E-state index contributed by atoms with van der Waals surface area (Å²) in [7, 11) is 0. The first-order chi connectivity index (χ1) is 16.0. The van der Waals surface area contributed by atoms with Gasteiger partial charge >= 0.3 is 18.3 Å². The van der Waals surface area contributed by atoms with Gasteiger partial charge in [-0.1, -0.05) is 32.4 Å². The van der Waals surface area contributed by atoms with Crippen LogP contribution in [0.3, 0.4) is 0 Å². The summed E-state index contributed by atoms with van der Waals surface area (Å²) in [5.41, 5.74) is -0.693. The molecule has 0 radical (unpaired) electrons. The Hall–Kier alpha value is -3.22. The van der Waals surface area contributed by atoms with E-state index in [9.17, 15) is 32.9 Å². The molecule has 0 spiro atoms. The smallest absolute Gasteiger partial charge is 0.475 e. The van der Waals surface area contributed by atoms with Crippen molar-refractivity contribution in [2.75, 3.05) is 6.61 Å². The maximum absolute atomic E-state index is 13.7. The molecule has 10 nitrogen and oxygen atoms in total. The van der Waals surface area contributed by atoms with E-state index in [1.54, 1.807) is 0 Å². The zero-order chi connectivity index (χ0) is 26.7. The highest BCUT2D eigenvalue weighted by Gasteiger charge is 2.49. The van der Waals surface area contributed by atoms with Crippen LogP contribution in [0.5, 0.6) is 5.75 Å². The molecule has 3 atom stereocenters. The van der Waals surface area contributed by atoms with Crippen molar-refractivity contribution in [3.63, 3.8) is 0 Å². The monoisotopic (exact) mass is 525 g/mol. The van der Waals surface area contributed by atoms with Gasteiger partial charge in [-0.05, 0) is 36.1 Å². The minimum Gasteiger partial charge on any atom is -0.475 e. The standard InChI is InChI=1S/C21H23ClF3NO9/c1-10(9-31-26(29)30)32-19(28)34-11(2)33-18(27)13-6-12-7-15(22)14(20(3,4)5)8-16(12)35-17(13)21(23,24)25/h6-8,10-11,17H,9H2,1-5H3. The predicted octanol–water partition coefficient (Wildman–Crippen LogP) is 4.98. The summed E-state index contributed by atoms with van der Waals surface area (Å²) < 4.78 is 60.4. The second-order valence-corrected chi connectivity index (χ2v) is 8.95. The summed E-state index contributed by atoms with van der Waals surface area (Å²) >= 11 is 6.28. The van der Waals surface area contributed by atoms with Crippen molar-refractivity contribution in [3.8, 4) is 5.75 Å². The zero-order valence-electron chi connectivity index (χ0n) is 19.3. The van der Waals surface area contributed by atoms with Crippen LogP contribution >= 0.6 is 11.6 Å². The summed E-state index contributed by atoms with van der Waals surface area (Å²) in [5.74, 6) is -1.57. The van der Waals surface area contributed by atoms with Crippen molar-refractivity contribution in [2.45, 2.75) is 64.7 Å². The Bertz CT molecular complexity index is 1020. The highest BCUT2D eigenvalue weighted by atomic mass is 35.5. The summed E-state index contributed by atoms with van der Waals surface area (Å²) in [6.45, 7) is 7.20. The topological polar surface area (TPSA) is 123 Å². The molecule has 0 saturated heterocycles. The minimum absolute atomic E-state index is 0.114. The average Bonchev–Trinajstić information content (AvgIpc) is 2.68. The lowest BCUT2D eigenvalue weighted by Crippen LogP contribution is -2.41. The van der Waals surface area contributed by atoms with E-state index < -0.39 is 59.5 Å². The third kappa shape index (κ3) is 7.64. The first kappa shape index (κ1) is 28.0. The van der Waals surface area contributed by atoms with Crippen LogP contribution in [-0.2, 0) is 29.3 Å². The Labute approximate surface area is 203 Å². The molecule has 0 saturated carbocycles. The number of nitrogens with zero attached hydrogens (tertiary/aromatic N) is 1. The van der Waals surface area contributed by atoms with Crippen molar-refractivity contribution in [3.05, 3.63) is 44.0 Å². The average molecular weight is 526 g/mol. The lowest BCUT2D eigenvalue weighted by Gasteiger charge is -2.30. The Morgan fingerprint density at radius 1 is 1.17 bits per heavy atom. The maximum atomic E-state index is 13.7. The Morgan fingerprint density at radius 3 is 2.34 bits per heavy atom. The van der Waals surface area contributed by atoms with Gasteiger partial charge in [-0.3, -0.25) is 0 Å². The zero-order valence-corrected chi connectivity index (χ0v) is 20.1. The van der Waals surface area contributed by atoms with E-state index >= 15 is 0 Å². The van der Waals surface area contributed by atoms with E-state index in [1.807, 2.05) is 20.8 Å². The molecular weight excluding hydrogens is 503 g/mol. The van der Waals surface area contributed by atoms with Crippen LogP contribution in [0.2, 0.25) is 5.02 Å². The molecular formula is C21H23ClF3NO9. The van der Waals surface area contributed by atoms with Gasteiger partial charge in [-0.2, -0.15) is 13.2 Å². The second kappa shape index (κ2) is 10.6. The highest BCUT2D eigenvalue weighted by Crippen LogP contribution is 2.42. The molecule has 1 aromatic rings. The van der Waals surface area contributed by atoms with Crippen LogP contribution in [0, 0.1) is 10.1 Å². The molecule has 1 aromatic carbocycles. The molecule has 194 valence electrons. The van der Waals surface area contributed by atoms with Crippen LogP contribution in [-0.4, -0.2) is 48.5 Å². The molecule has 0 amide bonds. The third-order valence-corrected chi connectivity index (χ3v) is 4.84. The number of benzene rings is 1. The lowest BCUT2D eigenvalue weighted by molar-refractivity contribution is -0.759. The third-order valence-electron chi connectivity index (χ3n) is 4.53. The number of halogens is 4. The number of alkyl halides is 3. The van der Waals surface area contributed by atoms with Gasteiger partial charge in [0.15, 0.2) is 0 Å². The van der Waals surface area contributed by atoms with Gasteiger partial charge in [0.25, 0.3) is 5.09 Å². The molecule has 0 aromatic heterocycles. The Morgan fingerprint density at radius 2 is 1.80 bits per heavy atom. The van der Waals surface area contributed by atoms with Gasteiger partial charge in [0.1, 0.15) is 18.5 Å². The van der Waals surface area contributed by atoms with Gasteiger partial charge in [0.2, 0.25) is 12.4 Å². The van der Waals surface area contributed by atoms with E-state index in [0.29, 0.717) is 5.56 Å². The van der Waals surface area contributed by atoms with E-state index in [-0.39, 0.29) is 16.3 Å². The number of esters is 1. The summed E-state index contributed by atoms with van der Waals surface area (Å²) in [6, 6.07) is 2.77. The van der Waals surface area contributed by atoms with Crippen molar-refractivity contribution < 1.29 is 51.6 Å². The SMILES string of the molecule is CC(CO[N+](=O)[O-])OC(=O)OC(C)OC(=O)C1=Cc2cc(Cl)c(C(C)(C)C)cc2OC1C(F)(F)F. The van der Waals surface area contributed by atoms with Gasteiger partial charge in [0, 0.05) is 17.5 Å². The van der Waals surface area contributed by atoms with E-state index in [0.717, 1.165) is 13.0 Å². The van der Waals surface area contributed by atoms with E-state index in [4.69, 9.17) is 21.1 Å². The van der Waals surface area contributed by atoms with Crippen LogP contribution in [0.25, 0.3) is 6.08 Å². The van der Waals surface area contributed by atoms with E-state index in [2.05, 4.69) is 14.3 Å². The van der Waals surface area contributed by atoms with Crippen LogP contribution < -0.4 is 4.74 Å². The number of carbonyl (C=O) groups is 2. The molecule has 0 aliphatic carbocycles. The lowest BCUT2D eigenvalue weighted by atomic mass is 9.85. The van der Waals surface area contributed by atoms with E-state index in [1.165, 1.54) is 19.1 Å². The second-order valence-electron chi connectivity index (χ2n) is 8.55. The fourth-order valence-corrected chi connectivity index (χ4v) is 3.43. The number of hydrogen-bond donors (Lipinski definition) is 0. The summed E-state index contributed by atoms with van der Waals surface area (Å²) in [5, 5.41) is 9.32. The normalized spacial score (nSPS) is 17.2. The first-order valence-corrected chi connectivity index (χ1v) is 10.5. The molecule has 3 unspecified atom stereocenters. The molecule has 2 rings (SSSR count). The summed E-state index contributed by atoms with van der Waals surface area (Å²) in [6.07, 6.45) is -10.8. The van der Waals surface area contributed by atoms with Crippen LogP contribution in [0.4, 0.5) is 18.0 Å². The molecule has 1 heterocycles. The number of rotatable bonds is 7. The molecule has 0 N–H and O–H groups in total. The molecule has 0 bridgehead atoms. The number of fused-ring (bicyclic) bond motifs is 1. The van der Waals surface area contributed by atoms with Crippen molar-refractivity contribution in [2.24, 2.45) is 0 Å². The van der Waals surface area contributed by atoms with Gasteiger partial charge < -0.3 is 23.8 Å². The van der Waals surface area contributed by atoms with Gasteiger partial charge in [0.05, 0.1) is 5.57 Å². The molecule has 1 aliphatic heterocycles. The minimum atomic E-state index is -4.97. The molecule has 1 aliphatic rings. The molecule has 35 heavy (non-hydrogen) atoms. The fourth-order valence-electron chi connectivity index (χ4n) is 2.97. The van der Waals surface area contributed by atoms with Crippen molar-refractivity contribution >= 4 is 29.8 Å². The van der Waals surface area contributed by atoms with Crippen LogP contribution in [0.1, 0.15) is 45.7 Å². The first-order valence-electron chi connectivity index (χ1n) is 10.1. The van der Waals surface area contributed by atoms with Crippen LogP contribution in [0.15, 0.2) is 17.7 Å². The van der Waals surface area contributed by atoms with Gasteiger partial charge in [-0.25, -0.2) is 9.59 Å². The van der Waals surface area contributed by atoms with Crippen molar-refractivity contribution in [1.29, 1.82) is 0 Å². The Kier molecular flexibility index (Phi) is 8.47. The number of ether oxygens (including phenoxy) is 4. The largest absolute Gasteiger partial charge is 0.511 e. The molecule has 0 fully saturated rings. The maximum Gasteiger partial charge on any atom is 0.511 e. The number of hydrogen-bond acceptors (Lipinski definition) is 9. The predicted molar refractivity (Wildman–Crippen MR) is 114 cm³/mol. The fraction of sp³-hybridized carbons (Fsp3) is 0.524. The summed E-state index contributed by atoms with van der Waals surface area (Å²) in [4.78, 5) is 38.4. The Balaban J connectivity index is 2.19. The van der Waals surface area contributed by atoms with Gasteiger partial charge in [-0.15, -0.1) is 10.1 Å².